The average molecular weight is 308 g/mol. The van der Waals surface area contributed by atoms with E-state index in [0.29, 0.717) is 33.7 Å². The fourth-order valence-corrected chi connectivity index (χ4v) is 2.87. The first-order valence-corrected chi connectivity index (χ1v) is 6.98. The monoisotopic (exact) mass is 308 g/mol. The van der Waals surface area contributed by atoms with Crippen molar-refractivity contribution in [3.63, 3.8) is 0 Å². The molecule has 6 heteroatoms. The van der Waals surface area contributed by atoms with E-state index in [9.17, 15) is 9.59 Å². The highest BCUT2D eigenvalue weighted by Gasteiger charge is 2.30. The average Bonchev–Trinajstić information content (AvgIpc) is 2.87. The van der Waals surface area contributed by atoms with Crippen molar-refractivity contribution < 1.29 is 14.3 Å². The molecule has 0 saturated carbocycles. The van der Waals surface area contributed by atoms with Crippen molar-refractivity contribution in [2.45, 2.75) is 0 Å². The second-order valence-electron chi connectivity index (χ2n) is 5.15. The lowest BCUT2D eigenvalue weighted by atomic mass is 10.1. The van der Waals surface area contributed by atoms with Crippen LogP contribution in [0.15, 0.2) is 41.2 Å². The second kappa shape index (κ2) is 4.67. The van der Waals surface area contributed by atoms with Crippen LogP contribution in [-0.2, 0) is 0 Å². The zero-order valence-corrected chi connectivity index (χ0v) is 12.5. The number of ether oxygens (including phenoxy) is 2. The van der Waals surface area contributed by atoms with Crippen molar-refractivity contribution >= 4 is 16.7 Å². The fourth-order valence-electron chi connectivity index (χ4n) is 2.87. The van der Waals surface area contributed by atoms with Gasteiger partial charge in [0, 0.05) is 6.07 Å². The van der Waals surface area contributed by atoms with Crippen LogP contribution in [0, 0.1) is 0 Å². The molecule has 114 valence electrons. The smallest absolute Gasteiger partial charge is 0.266 e. The zero-order valence-electron chi connectivity index (χ0n) is 12.5. The highest BCUT2D eigenvalue weighted by atomic mass is 16.5. The first kappa shape index (κ1) is 13.5. The van der Waals surface area contributed by atoms with Gasteiger partial charge >= 0.3 is 0 Å². The van der Waals surface area contributed by atoms with Crippen LogP contribution < -0.4 is 15.0 Å². The number of nitrogens with zero attached hydrogens (tertiary/aromatic N) is 2. The number of hydrogen-bond donors (Lipinski definition) is 0. The van der Waals surface area contributed by atoms with Crippen LogP contribution in [0.1, 0.15) is 16.2 Å². The summed E-state index contributed by atoms with van der Waals surface area (Å²) in [4.78, 5) is 29.7. The van der Waals surface area contributed by atoms with Gasteiger partial charge in [0.05, 0.1) is 36.4 Å². The fraction of sp³-hybridized carbons (Fsp3) is 0.118. The van der Waals surface area contributed by atoms with Gasteiger partial charge in [-0.25, -0.2) is 4.98 Å². The maximum Gasteiger partial charge on any atom is 0.266 e. The molecule has 0 bridgehead atoms. The summed E-state index contributed by atoms with van der Waals surface area (Å²) in [5, 5.41) is 0.371. The molecule has 6 nitrogen and oxygen atoms in total. The Balaban J connectivity index is 2.13. The molecule has 0 radical (unpaired) electrons. The second-order valence-corrected chi connectivity index (χ2v) is 5.15. The number of fused-ring (bicyclic) bond motifs is 4. The number of aromatic nitrogens is 2. The molecule has 2 heterocycles. The van der Waals surface area contributed by atoms with E-state index in [1.165, 1.54) is 18.8 Å². The predicted molar refractivity (Wildman–Crippen MR) is 83.9 cm³/mol. The van der Waals surface area contributed by atoms with Crippen LogP contribution in [0.4, 0.5) is 0 Å². The Morgan fingerprint density at radius 1 is 1.00 bits per heavy atom. The number of carbonyl (C=O) groups excluding carboxylic acids is 1. The van der Waals surface area contributed by atoms with Crippen LogP contribution >= 0.6 is 0 Å². The Labute approximate surface area is 130 Å². The molecule has 0 atom stereocenters. The lowest BCUT2D eigenvalue weighted by Crippen LogP contribution is -2.21. The largest absolute Gasteiger partial charge is 0.493 e. The van der Waals surface area contributed by atoms with Crippen LogP contribution in [0.25, 0.3) is 16.6 Å². The summed E-state index contributed by atoms with van der Waals surface area (Å²) >= 11 is 0. The number of rotatable bonds is 2. The number of methoxy groups -OCH3 is 2. The Kier molecular flexibility index (Phi) is 2.74. The Morgan fingerprint density at radius 2 is 1.70 bits per heavy atom. The molecule has 23 heavy (non-hydrogen) atoms. The van der Waals surface area contributed by atoms with Crippen LogP contribution in [0.2, 0.25) is 0 Å². The number of hydrogen-bond acceptors (Lipinski definition) is 5. The molecule has 0 N–H and O–H groups in total. The molecule has 4 rings (SSSR count). The minimum atomic E-state index is -0.302. The molecular weight excluding hydrogens is 296 g/mol. The van der Waals surface area contributed by atoms with Gasteiger partial charge in [0.15, 0.2) is 17.3 Å². The summed E-state index contributed by atoms with van der Waals surface area (Å²) in [6.07, 6.45) is 0. The topological polar surface area (TPSA) is 70.4 Å². The van der Waals surface area contributed by atoms with Crippen molar-refractivity contribution in [2.75, 3.05) is 14.2 Å². The lowest BCUT2D eigenvalue weighted by molar-refractivity contribution is 0.103. The highest BCUT2D eigenvalue weighted by Crippen LogP contribution is 2.32. The summed E-state index contributed by atoms with van der Waals surface area (Å²) in [5.41, 5.74) is 1.14. The SMILES string of the molecule is COc1cc2nc3n(c(=O)c2cc1OC)-c1ccccc1C3=O. The molecule has 0 saturated heterocycles. The van der Waals surface area contributed by atoms with Crippen LogP contribution in [-0.4, -0.2) is 29.6 Å². The third kappa shape index (κ3) is 1.72. The predicted octanol–water partition coefficient (Wildman–Crippen LogP) is 1.95. The van der Waals surface area contributed by atoms with E-state index in [0.717, 1.165) is 0 Å². The number of benzene rings is 2. The summed E-state index contributed by atoms with van der Waals surface area (Å²) in [7, 11) is 3.01. The highest BCUT2D eigenvalue weighted by molar-refractivity contribution is 6.13. The Hall–Kier alpha value is -3.15. The summed E-state index contributed by atoms with van der Waals surface area (Å²) in [6, 6.07) is 10.2. The van der Waals surface area contributed by atoms with Crippen molar-refractivity contribution in [2.24, 2.45) is 0 Å². The molecule has 0 spiro atoms. The summed E-state index contributed by atoms with van der Waals surface area (Å²) < 4.78 is 11.8. The number of carbonyl (C=O) groups is 1. The molecule has 0 aliphatic carbocycles. The van der Waals surface area contributed by atoms with E-state index in [-0.39, 0.29) is 17.2 Å². The molecule has 1 aromatic heterocycles. The molecule has 0 fully saturated rings. The van der Waals surface area contributed by atoms with Gasteiger partial charge in [-0.2, -0.15) is 0 Å². The van der Waals surface area contributed by atoms with E-state index < -0.39 is 0 Å². The van der Waals surface area contributed by atoms with Gasteiger partial charge < -0.3 is 9.47 Å². The van der Waals surface area contributed by atoms with Gasteiger partial charge in [-0.15, -0.1) is 0 Å². The summed E-state index contributed by atoms with van der Waals surface area (Å²) in [5.74, 6) is 0.766. The van der Waals surface area contributed by atoms with Gasteiger partial charge in [0.1, 0.15) is 0 Å². The van der Waals surface area contributed by atoms with Gasteiger partial charge in [-0.05, 0) is 18.2 Å². The van der Waals surface area contributed by atoms with Gasteiger partial charge in [0.2, 0.25) is 5.78 Å². The standard InChI is InChI=1S/C17H12N2O4/c1-22-13-7-10-11(8-14(13)23-2)18-16-15(20)9-5-3-4-6-12(9)19(16)17(10)21/h3-8H,1-2H3. The molecule has 0 unspecified atom stereocenters. The molecule has 3 aromatic rings. The van der Waals surface area contributed by atoms with E-state index in [4.69, 9.17) is 9.47 Å². The Morgan fingerprint density at radius 3 is 2.43 bits per heavy atom. The minimum absolute atomic E-state index is 0.121. The van der Waals surface area contributed by atoms with Crippen molar-refractivity contribution in [1.82, 2.24) is 9.55 Å². The zero-order chi connectivity index (χ0) is 16.1. The number of para-hydroxylation sites is 1. The third-order valence-corrected chi connectivity index (χ3v) is 3.97. The van der Waals surface area contributed by atoms with Gasteiger partial charge in [-0.3, -0.25) is 14.2 Å². The van der Waals surface area contributed by atoms with E-state index in [1.807, 2.05) is 0 Å². The molecule has 1 aliphatic heterocycles. The molecule has 2 aromatic carbocycles. The first-order chi connectivity index (χ1) is 11.2. The maximum atomic E-state index is 12.9. The number of ketones is 1. The van der Waals surface area contributed by atoms with Gasteiger partial charge in [-0.1, -0.05) is 12.1 Å². The van der Waals surface area contributed by atoms with Crippen molar-refractivity contribution in [1.29, 1.82) is 0 Å². The van der Waals surface area contributed by atoms with Crippen molar-refractivity contribution in [3.05, 3.63) is 58.1 Å². The van der Waals surface area contributed by atoms with Gasteiger partial charge in [0.25, 0.3) is 5.56 Å². The van der Waals surface area contributed by atoms with Crippen molar-refractivity contribution in [3.8, 4) is 17.2 Å². The summed E-state index contributed by atoms with van der Waals surface area (Å²) in [6.45, 7) is 0. The molecule has 1 aliphatic rings. The first-order valence-electron chi connectivity index (χ1n) is 6.98. The van der Waals surface area contributed by atoms with Crippen LogP contribution in [0.5, 0.6) is 11.5 Å². The maximum absolute atomic E-state index is 12.9. The molecule has 0 amide bonds. The molecular formula is C17H12N2O4. The third-order valence-electron chi connectivity index (χ3n) is 3.97. The lowest BCUT2D eigenvalue weighted by Gasteiger charge is -2.10. The van der Waals surface area contributed by atoms with Crippen LogP contribution in [0.3, 0.4) is 0 Å². The Bertz CT molecular complexity index is 1040. The quantitative estimate of drug-likeness (QED) is 0.566. The minimum Gasteiger partial charge on any atom is -0.493 e. The van der Waals surface area contributed by atoms with E-state index in [1.54, 1.807) is 36.4 Å². The van der Waals surface area contributed by atoms with E-state index >= 15 is 0 Å². The van der Waals surface area contributed by atoms with E-state index in [2.05, 4.69) is 4.98 Å². The normalized spacial score (nSPS) is 12.2.